The summed E-state index contributed by atoms with van der Waals surface area (Å²) in [6, 6.07) is 24.6. The van der Waals surface area contributed by atoms with Crippen LogP contribution in [0.3, 0.4) is 0 Å². The number of carbonyl (C=O) groups excluding carboxylic acids is 2. The van der Waals surface area contributed by atoms with Crippen molar-refractivity contribution in [1.82, 2.24) is 0 Å². The molecule has 4 aromatic carbocycles. The lowest BCUT2D eigenvalue weighted by Gasteiger charge is -2.38. The van der Waals surface area contributed by atoms with Crippen molar-refractivity contribution in [3.63, 3.8) is 0 Å². The fraction of sp³-hybridized carbons (Fsp3) is 0.154. The number of ketones is 2. The van der Waals surface area contributed by atoms with E-state index in [0.29, 0.717) is 12.8 Å². The van der Waals surface area contributed by atoms with Crippen LogP contribution in [-0.2, 0) is 0 Å². The molecule has 0 spiro atoms. The second-order valence-corrected chi connectivity index (χ2v) is 7.99. The van der Waals surface area contributed by atoms with Gasteiger partial charge in [0.05, 0.1) is 0 Å². The topological polar surface area (TPSA) is 34.1 Å². The summed E-state index contributed by atoms with van der Waals surface area (Å²) in [6.45, 7) is 0. The van der Waals surface area contributed by atoms with Gasteiger partial charge in [0, 0.05) is 29.9 Å². The summed E-state index contributed by atoms with van der Waals surface area (Å²) in [5, 5.41) is 4.56. The van der Waals surface area contributed by atoms with Crippen LogP contribution in [0, 0.1) is 5.92 Å². The van der Waals surface area contributed by atoms with Crippen molar-refractivity contribution in [3.05, 3.63) is 95.1 Å². The van der Waals surface area contributed by atoms with Crippen molar-refractivity contribution >= 4 is 33.1 Å². The van der Waals surface area contributed by atoms with Crippen LogP contribution < -0.4 is 0 Å². The highest BCUT2D eigenvalue weighted by Gasteiger charge is 2.42. The Balaban J connectivity index is 1.77. The summed E-state index contributed by atoms with van der Waals surface area (Å²) < 4.78 is 0. The molecule has 0 aliphatic heterocycles. The van der Waals surface area contributed by atoms with E-state index < -0.39 is 0 Å². The first-order valence-corrected chi connectivity index (χ1v) is 9.82. The third-order valence-electron chi connectivity index (χ3n) is 6.53. The molecule has 0 N–H and O–H groups in total. The third-order valence-corrected chi connectivity index (χ3v) is 6.53. The maximum absolute atomic E-state index is 13.0. The zero-order valence-corrected chi connectivity index (χ0v) is 15.3. The molecule has 0 aromatic heterocycles. The standard InChI is InChI=1S/C26H18O2/c27-22-13-17-14-23(28)21-12-10-16-6-2-4-8-19(16)26(21)24(17)25-18-7-3-1-5-15(18)9-11-20(22)25/h1-12,17,24H,13-14H2. The molecule has 2 heteroatoms. The van der Waals surface area contributed by atoms with Gasteiger partial charge in [-0.3, -0.25) is 9.59 Å². The average molecular weight is 362 g/mol. The Kier molecular flexibility index (Phi) is 3.16. The van der Waals surface area contributed by atoms with E-state index in [4.69, 9.17) is 0 Å². The van der Waals surface area contributed by atoms with Crippen LogP contribution in [0.2, 0.25) is 0 Å². The summed E-state index contributed by atoms with van der Waals surface area (Å²) in [5.41, 5.74) is 3.88. The van der Waals surface area contributed by atoms with Gasteiger partial charge in [0.2, 0.25) is 0 Å². The van der Waals surface area contributed by atoms with Gasteiger partial charge in [-0.1, -0.05) is 72.8 Å². The Morgan fingerprint density at radius 3 is 1.54 bits per heavy atom. The molecule has 0 fully saturated rings. The number of benzene rings is 4. The van der Waals surface area contributed by atoms with Gasteiger partial charge in [-0.15, -0.1) is 0 Å². The van der Waals surface area contributed by atoms with Crippen LogP contribution in [0.5, 0.6) is 0 Å². The first kappa shape index (κ1) is 15.8. The fourth-order valence-electron chi connectivity index (χ4n) is 5.37. The number of fused-ring (bicyclic) bond motifs is 9. The quantitative estimate of drug-likeness (QED) is 0.389. The molecule has 4 aromatic rings. The Hall–Kier alpha value is -3.26. The van der Waals surface area contributed by atoms with Crippen LogP contribution in [0.4, 0.5) is 0 Å². The Labute approximate surface area is 162 Å². The molecule has 2 nitrogen and oxygen atoms in total. The summed E-state index contributed by atoms with van der Waals surface area (Å²) >= 11 is 0. The zero-order valence-electron chi connectivity index (χ0n) is 15.3. The van der Waals surface area contributed by atoms with Crippen molar-refractivity contribution in [1.29, 1.82) is 0 Å². The molecule has 6 rings (SSSR count). The van der Waals surface area contributed by atoms with Gasteiger partial charge in [0.25, 0.3) is 0 Å². The fourth-order valence-corrected chi connectivity index (χ4v) is 5.37. The maximum Gasteiger partial charge on any atom is 0.163 e. The molecule has 0 bridgehead atoms. The van der Waals surface area contributed by atoms with Crippen LogP contribution in [0.1, 0.15) is 50.6 Å². The predicted octanol–water partition coefficient (Wildman–Crippen LogP) is 5.91. The van der Waals surface area contributed by atoms with Crippen molar-refractivity contribution < 1.29 is 9.59 Å². The summed E-state index contributed by atoms with van der Waals surface area (Å²) in [4.78, 5) is 25.9. The molecule has 0 radical (unpaired) electrons. The second kappa shape index (κ2) is 5.62. The van der Waals surface area contributed by atoms with E-state index in [1.54, 1.807) is 0 Å². The van der Waals surface area contributed by atoms with E-state index in [1.807, 2.05) is 48.5 Å². The first-order chi connectivity index (χ1) is 13.7. The summed E-state index contributed by atoms with van der Waals surface area (Å²) in [7, 11) is 0. The highest BCUT2D eigenvalue weighted by Crippen LogP contribution is 2.51. The molecule has 134 valence electrons. The number of carbonyl (C=O) groups is 2. The molecule has 0 atom stereocenters. The van der Waals surface area contributed by atoms with Crippen LogP contribution >= 0.6 is 0 Å². The molecule has 28 heavy (non-hydrogen) atoms. The molecule has 0 amide bonds. The SMILES string of the molecule is O=C1CC2CC(=O)c3ccc4ccccc4c3C2c2c1ccc1ccccc21. The van der Waals surface area contributed by atoms with E-state index in [2.05, 4.69) is 24.3 Å². The minimum absolute atomic E-state index is 0.0385. The molecule has 0 heterocycles. The number of hydrogen-bond donors (Lipinski definition) is 0. The van der Waals surface area contributed by atoms with Crippen LogP contribution in [-0.4, -0.2) is 11.6 Å². The minimum atomic E-state index is 0.0385. The van der Waals surface area contributed by atoms with Gasteiger partial charge in [0.1, 0.15) is 0 Å². The molecule has 0 saturated heterocycles. The van der Waals surface area contributed by atoms with Gasteiger partial charge >= 0.3 is 0 Å². The predicted molar refractivity (Wildman–Crippen MR) is 111 cm³/mol. The van der Waals surface area contributed by atoms with Crippen molar-refractivity contribution in [3.8, 4) is 0 Å². The van der Waals surface area contributed by atoms with E-state index >= 15 is 0 Å². The highest BCUT2D eigenvalue weighted by molar-refractivity contribution is 6.10. The van der Waals surface area contributed by atoms with Crippen molar-refractivity contribution in [2.75, 3.05) is 0 Å². The average Bonchev–Trinajstić information content (AvgIpc) is 2.73. The third kappa shape index (κ3) is 2.03. The zero-order chi connectivity index (χ0) is 18.8. The van der Waals surface area contributed by atoms with Gasteiger partial charge in [-0.05, 0) is 38.6 Å². The molecule has 0 unspecified atom stereocenters. The lowest BCUT2D eigenvalue weighted by atomic mass is 9.63. The van der Waals surface area contributed by atoms with Crippen LogP contribution in [0.25, 0.3) is 21.5 Å². The lowest BCUT2D eigenvalue weighted by molar-refractivity contribution is 0.0886. The normalized spacial score (nSPS) is 20.7. The van der Waals surface area contributed by atoms with Gasteiger partial charge in [-0.2, -0.15) is 0 Å². The Bertz CT molecular complexity index is 1210. The van der Waals surface area contributed by atoms with Gasteiger partial charge < -0.3 is 0 Å². The monoisotopic (exact) mass is 362 g/mol. The van der Waals surface area contributed by atoms with Crippen LogP contribution in [0.15, 0.2) is 72.8 Å². The Morgan fingerprint density at radius 1 is 0.571 bits per heavy atom. The molecule has 2 aliphatic carbocycles. The van der Waals surface area contributed by atoms with E-state index in [-0.39, 0.29) is 23.4 Å². The molecule has 0 saturated carbocycles. The van der Waals surface area contributed by atoms with Gasteiger partial charge in [0.15, 0.2) is 11.6 Å². The molecule has 2 aliphatic rings. The largest absolute Gasteiger partial charge is 0.294 e. The number of Topliss-reactive ketones (excluding diaryl/α,β-unsaturated/α-hetero) is 2. The van der Waals surface area contributed by atoms with E-state index in [0.717, 1.165) is 43.8 Å². The second-order valence-electron chi connectivity index (χ2n) is 7.99. The molecular formula is C26H18O2. The first-order valence-electron chi connectivity index (χ1n) is 9.82. The summed E-state index contributed by atoms with van der Waals surface area (Å²) in [6.07, 6.45) is 0.898. The van der Waals surface area contributed by atoms with Gasteiger partial charge in [-0.25, -0.2) is 0 Å². The smallest absolute Gasteiger partial charge is 0.163 e. The van der Waals surface area contributed by atoms with Crippen molar-refractivity contribution in [2.24, 2.45) is 5.92 Å². The Morgan fingerprint density at radius 2 is 1.04 bits per heavy atom. The molecular weight excluding hydrogens is 344 g/mol. The number of rotatable bonds is 0. The summed E-state index contributed by atoms with van der Waals surface area (Å²) in [5.74, 6) is 0.450. The van der Waals surface area contributed by atoms with Crippen molar-refractivity contribution in [2.45, 2.75) is 18.8 Å². The lowest BCUT2D eigenvalue weighted by Crippen LogP contribution is -2.33. The number of hydrogen-bond acceptors (Lipinski definition) is 2. The minimum Gasteiger partial charge on any atom is -0.294 e. The van der Waals surface area contributed by atoms with E-state index in [9.17, 15) is 9.59 Å². The highest BCUT2D eigenvalue weighted by atomic mass is 16.1. The van der Waals surface area contributed by atoms with E-state index in [1.165, 1.54) is 0 Å². The maximum atomic E-state index is 13.0.